The standard InChI is InChI=1S/C10H23NO2/c1-5-6-7-10(11-2,8-12-3)9-13-4/h11H,5-9H2,1-4H3. The molecule has 0 saturated heterocycles. The molecule has 80 valence electrons. The molecule has 0 rings (SSSR count). The van der Waals surface area contributed by atoms with E-state index in [1.54, 1.807) is 14.2 Å². The third-order valence-electron chi connectivity index (χ3n) is 2.38. The average molecular weight is 189 g/mol. The summed E-state index contributed by atoms with van der Waals surface area (Å²) in [5, 5.41) is 3.30. The molecule has 0 aliphatic heterocycles. The number of methoxy groups -OCH3 is 2. The maximum absolute atomic E-state index is 5.21. The fourth-order valence-electron chi connectivity index (χ4n) is 1.52. The summed E-state index contributed by atoms with van der Waals surface area (Å²) in [6.07, 6.45) is 3.51. The van der Waals surface area contributed by atoms with Crippen LogP contribution in [0.25, 0.3) is 0 Å². The lowest BCUT2D eigenvalue weighted by atomic mass is 9.94. The molecular weight excluding hydrogens is 166 g/mol. The number of unbranched alkanes of at least 4 members (excludes halogenated alkanes) is 1. The Kier molecular flexibility index (Phi) is 7.23. The average Bonchev–Trinajstić information content (AvgIpc) is 2.15. The molecule has 1 N–H and O–H groups in total. The highest BCUT2D eigenvalue weighted by Gasteiger charge is 2.27. The van der Waals surface area contributed by atoms with Crippen LogP contribution in [0, 0.1) is 0 Å². The van der Waals surface area contributed by atoms with Crippen molar-refractivity contribution in [3.8, 4) is 0 Å². The molecule has 3 nitrogen and oxygen atoms in total. The van der Waals surface area contributed by atoms with Gasteiger partial charge in [-0.05, 0) is 13.5 Å². The van der Waals surface area contributed by atoms with Gasteiger partial charge in [-0.3, -0.25) is 0 Å². The zero-order valence-electron chi connectivity index (χ0n) is 9.35. The van der Waals surface area contributed by atoms with Crippen LogP contribution in [0.5, 0.6) is 0 Å². The van der Waals surface area contributed by atoms with Crippen LogP contribution in [0.15, 0.2) is 0 Å². The molecule has 0 aliphatic carbocycles. The lowest BCUT2D eigenvalue weighted by Crippen LogP contribution is -2.50. The van der Waals surface area contributed by atoms with Gasteiger partial charge in [0.1, 0.15) is 0 Å². The van der Waals surface area contributed by atoms with Gasteiger partial charge < -0.3 is 14.8 Å². The van der Waals surface area contributed by atoms with Gasteiger partial charge in [-0.1, -0.05) is 19.8 Å². The number of nitrogens with one attached hydrogen (secondary N) is 1. The maximum Gasteiger partial charge on any atom is 0.0667 e. The van der Waals surface area contributed by atoms with Crippen LogP contribution in [0.1, 0.15) is 26.2 Å². The first-order chi connectivity index (χ1) is 6.24. The Balaban J connectivity index is 4.07. The van der Waals surface area contributed by atoms with Crippen LogP contribution < -0.4 is 5.32 Å². The first-order valence-corrected chi connectivity index (χ1v) is 4.91. The maximum atomic E-state index is 5.21. The van der Waals surface area contributed by atoms with Crippen LogP contribution in [0.2, 0.25) is 0 Å². The molecule has 13 heavy (non-hydrogen) atoms. The number of rotatable bonds is 8. The minimum atomic E-state index is -0.000486. The smallest absolute Gasteiger partial charge is 0.0667 e. The van der Waals surface area contributed by atoms with E-state index in [1.165, 1.54) is 12.8 Å². The van der Waals surface area contributed by atoms with Crippen LogP contribution in [0.4, 0.5) is 0 Å². The van der Waals surface area contributed by atoms with Crippen LogP contribution >= 0.6 is 0 Å². The largest absolute Gasteiger partial charge is 0.383 e. The zero-order valence-corrected chi connectivity index (χ0v) is 9.35. The number of ether oxygens (including phenoxy) is 2. The van der Waals surface area contributed by atoms with E-state index in [1.807, 2.05) is 7.05 Å². The Labute approximate surface area is 81.8 Å². The number of likely N-dealkylation sites (N-methyl/N-ethyl adjacent to an activating group) is 1. The molecule has 3 heteroatoms. The zero-order chi connectivity index (χ0) is 10.2. The summed E-state index contributed by atoms with van der Waals surface area (Å²) in [5.41, 5.74) is -0.000486. The van der Waals surface area contributed by atoms with Gasteiger partial charge in [0, 0.05) is 14.2 Å². The molecule has 0 unspecified atom stereocenters. The van der Waals surface area contributed by atoms with E-state index in [9.17, 15) is 0 Å². The van der Waals surface area contributed by atoms with E-state index >= 15 is 0 Å². The monoisotopic (exact) mass is 189 g/mol. The SMILES string of the molecule is CCCCC(COC)(COC)NC. The second-order valence-electron chi connectivity index (χ2n) is 3.50. The quantitative estimate of drug-likeness (QED) is 0.626. The third-order valence-corrected chi connectivity index (χ3v) is 2.38. The predicted octanol–water partition coefficient (Wildman–Crippen LogP) is 1.43. The van der Waals surface area contributed by atoms with Gasteiger partial charge >= 0.3 is 0 Å². The van der Waals surface area contributed by atoms with Gasteiger partial charge in [0.15, 0.2) is 0 Å². The van der Waals surface area contributed by atoms with E-state index < -0.39 is 0 Å². The summed E-state index contributed by atoms with van der Waals surface area (Å²) in [6.45, 7) is 3.61. The molecule has 0 fully saturated rings. The molecule has 0 saturated carbocycles. The predicted molar refractivity (Wildman–Crippen MR) is 55.1 cm³/mol. The van der Waals surface area contributed by atoms with E-state index in [-0.39, 0.29) is 5.54 Å². The molecule has 0 heterocycles. The molecule has 0 aromatic carbocycles. The minimum absolute atomic E-state index is 0.000486. The summed E-state index contributed by atoms with van der Waals surface area (Å²) in [6, 6.07) is 0. The van der Waals surface area contributed by atoms with E-state index in [2.05, 4.69) is 12.2 Å². The van der Waals surface area contributed by atoms with Gasteiger partial charge in [-0.15, -0.1) is 0 Å². The molecule has 0 atom stereocenters. The van der Waals surface area contributed by atoms with Gasteiger partial charge in [-0.25, -0.2) is 0 Å². The molecule has 0 radical (unpaired) electrons. The summed E-state index contributed by atoms with van der Waals surface area (Å²) in [5.74, 6) is 0. The van der Waals surface area contributed by atoms with Crippen molar-refractivity contribution in [2.24, 2.45) is 0 Å². The lowest BCUT2D eigenvalue weighted by Gasteiger charge is -2.32. The Bertz CT molecular complexity index is 111. The van der Waals surface area contributed by atoms with Crippen molar-refractivity contribution in [2.75, 3.05) is 34.5 Å². The first kappa shape index (κ1) is 12.9. The molecule has 0 spiro atoms. The van der Waals surface area contributed by atoms with E-state index in [0.29, 0.717) is 13.2 Å². The topological polar surface area (TPSA) is 30.5 Å². The molecule has 0 aromatic heterocycles. The highest BCUT2D eigenvalue weighted by Crippen LogP contribution is 2.14. The molecule has 0 aromatic rings. The lowest BCUT2D eigenvalue weighted by molar-refractivity contribution is 0.0398. The summed E-state index contributed by atoms with van der Waals surface area (Å²) < 4.78 is 10.4. The van der Waals surface area contributed by atoms with Crippen molar-refractivity contribution < 1.29 is 9.47 Å². The Hall–Kier alpha value is -0.120. The molecule has 0 amide bonds. The number of hydrogen-bond donors (Lipinski definition) is 1. The normalized spacial score (nSPS) is 12.0. The third kappa shape index (κ3) is 4.60. The number of hydrogen-bond acceptors (Lipinski definition) is 3. The van der Waals surface area contributed by atoms with E-state index in [4.69, 9.17) is 9.47 Å². The van der Waals surface area contributed by atoms with Crippen molar-refractivity contribution in [1.82, 2.24) is 5.32 Å². The Morgan fingerprint density at radius 3 is 2.00 bits per heavy atom. The fourth-order valence-corrected chi connectivity index (χ4v) is 1.52. The van der Waals surface area contributed by atoms with Gasteiger partial charge in [0.05, 0.1) is 18.8 Å². The fraction of sp³-hybridized carbons (Fsp3) is 1.00. The van der Waals surface area contributed by atoms with Crippen molar-refractivity contribution in [3.05, 3.63) is 0 Å². The molecular formula is C10H23NO2. The van der Waals surface area contributed by atoms with Crippen LogP contribution in [-0.2, 0) is 9.47 Å². The van der Waals surface area contributed by atoms with Crippen molar-refractivity contribution in [1.29, 1.82) is 0 Å². The highest BCUT2D eigenvalue weighted by atomic mass is 16.5. The summed E-state index contributed by atoms with van der Waals surface area (Å²) in [4.78, 5) is 0. The second-order valence-corrected chi connectivity index (χ2v) is 3.50. The Morgan fingerprint density at radius 1 is 1.15 bits per heavy atom. The first-order valence-electron chi connectivity index (χ1n) is 4.91. The molecule has 0 bridgehead atoms. The molecule has 0 aliphatic rings. The summed E-state index contributed by atoms with van der Waals surface area (Å²) >= 11 is 0. The van der Waals surface area contributed by atoms with Crippen molar-refractivity contribution in [2.45, 2.75) is 31.7 Å². The van der Waals surface area contributed by atoms with Gasteiger partial charge in [-0.2, -0.15) is 0 Å². The van der Waals surface area contributed by atoms with Crippen molar-refractivity contribution >= 4 is 0 Å². The minimum Gasteiger partial charge on any atom is -0.383 e. The van der Waals surface area contributed by atoms with Crippen molar-refractivity contribution in [3.63, 3.8) is 0 Å². The van der Waals surface area contributed by atoms with Crippen LogP contribution in [-0.4, -0.2) is 40.0 Å². The Morgan fingerprint density at radius 2 is 1.69 bits per heavy atom. The van der Waals surface area contributed by atoms with Crippen LogP contribution in [0.3, 0.4) is 0 Å². The van der Waals surface area contributed by atoms with E-state index in [0.717, 1.165) is 6.42 Å². The highest BCUT2D eigenvalue weighted by molar-refractivity contribution is 4.86. The van der Waals surface area contributed by atoms with Gasteiger partial charge in [0.25, 0.3) is 0 Å². The second kappa shape index (κ2) is 7.30. The summed E-state index contributed by atoms with van der Waals surface area (Å²) in [7, 11) is 5.43. The van der Waals surface area contributed by atoms with Gasteiger partial charge in [0.2, 0.25) is 0 Å².